The van der Waals surface area contributed by atoms with Gasteiger partial charge >= 0.3 is 5.92 Å². The molecule has 0 radical (unpaired) electrons. The normalized spacial score (nSPS) is 11.7. The zero-order valence-corrected chi connectivity index (χ0v) is 15.1. The molecule has 4 rings (SSSR count). The quantitative estimate of drug-likeness (QED) is 0.564. The van der Waals surface area contributed by atoms with Crippen molar-refractivity contribution in [2.24, 2.45) is 0 Å². The van der Waals surface area contributed by atoms with E-state index in [0.717, 1.165) is 0 Å². The van der Waals surface area contributed by atoms with Gasteiger partial charge in [-0.3, -0.25) is 0 Å². The molecule has 3 heterocycles. The average Bonchev–Trinajstić information content (AvgIpc) is 3.33. The van der Waals surface area contributed by atoms with Gasteiger partial charge in [0.15, 0.2) is 5.65 Å². The molecule has 3 aromatic heterocycles. The van der Waals surface area contributed by atoms with Gasteiger partial charge in [-0.05, 0) is 41.6 Å². The minimum Gasteiger partial charge on any atom is -0.242 e. The molecule has 8 nitrogen and oxygen atoms in total. The highest BCUT2D eigenvalue weighted by molar-refractivity contribution is 6.31. The molecule has 1 aromatic carbocycles. The monoisotopic (exact) mass is 400 g/mol. The topological polar surface area (TPSA) is 109 Å². The lowest BCUT2D eigenvalue weighted by Gasteiger charge is -2.12. The van der Waals surface area contributed by atoms with Gasteiger partial charge in [0.2, 0.25) is 5.82 Å². The Bertz CT molecular complexity index is 1210. The molecule has 0 unspecified atom stereocenters. The molecule has 0 aliphatic carbocycles. The zero-order chi connectivity index (χ0) is 19.9. The van der Waals surface area contributed by atoms with E-state index in [4.69, 9.17) is 11.6 Å². The maximum absolute atomic E-state index is 14.7. The van der Waals surface area contributed by atoms with Crippen molar-refractivity contribution in [3.05, 3.63) is 63.7 Å². The minimum atomic E-state index is -3.51. The molecular weight excluding hydrogens is 390 g/mol. The Hall–Kier alpha value is -3.45. The Morgan fingerprint density at radius 1 is 1.29 bits per heavy atom. The molecule has 0 atom stereocenters. The van der Waals surface area contributed by atoms with Crippen LogP contribution in [0.25, 0.3) is 11.0 Å². The number of alkyl halides is 2. The molecular formula is C17H11ClF2N8. The van der Waals surface area contributed by atoms with E-state index in [1.54, 1.807) is 25.1 Å². The predicted octanol–water partition coefficient (Wildman–Crippen LogP) is 2.97. The number of hydrogen-bond acceptors (Lipinski definition) is 6. The van der Waals surface area contributed by atoms with Crippen LogP contribution in [0.2, 0.25) is 5.02 Å². The highest BCUT2D eigenvalue weighted by Crippen LogP contribution is 2.33. The Labute approximate surface area is 161 Å². The highest BCUT2D eigenvalue weighted by Gasteiger charge is 2.40. The van der Waals surface area contributed by atoms with Gasteiger partial charge < -0.3 is 0 Å². The molecule has 4 aromatic rings. The number of hydrogen-bond donors (Lipinski definition) is 1. The minimum absolute atomic E-state index is 0.110. The van der Waals surface area contributed by atoms with Crippen LogP contribution < -0.4 is 0 Å². The van der Waals surface area contributed by atoms with E-state index in [9.17, 15) is 14.0 Å². The van der Waals surface area contributed by atoms with Crippen molar-refractivity contribution in [2.75, 3.05) is 0 Å². The maximum Gasteiger partial charge on any atom is 0.349 e. The van der Waals surface area contributed by atoms with Crippen LogP contribution in [-0.2, 0) is 12.5 Å². The van der Waals surface area contributed by atoms with Gasteiger partial charge in [-0.15, -0.1) is 5.10 Å². The lowest BCUT2D eigenvalue weighted by molar-refractivity contribution is 0.0284. The number of aromatic nitrogens is 7. The van der Waals surface area contributed by atoms with Crippen molar-refractivity contribution in [3.8, 4) is 6.07 Å². The van der Waals surface area contributed by atoms with E-state index in [1.807, 2.05) is 0 Å². The first-order valence-corrected chi connectivity index (χ1v) is 8.43. The summed E-state index contributed by atoms with van der Waals surface area (Å²) in [6.45, 7) is 1.86. The summed E-state index contributed by atoms with van der Waals surface area (Å²) >= 11 is 6.23. The number of aryl methyl sites for hydroxylation is 1. The first-order valence-electron chi connectivity index (χ1n) is 8.06. The molecule has 0 fully saturated rings. The smallest absolute Gasteiger partial charge is 0.242 e. The van der Waals surface area contributed by atoms with Gasteiger partial charge in [-0.1, -0.05) is 17.7 Å². The molecule has 0 amide bonds. The number of nitrogens with one attached hydrogen (secondary N) is 1. The van der Waals surface area contributed by atoms with Crippen LogP contribution >= 0.6 is 11.6 Å². The van der Waals surface area contributed by atoms with Crippen molar-refractivity contribution >= 4 is 22.6 Å². The number of nitriles is 1. The number of nitrogens with zero attached hydrogens (tertiary/aromatic N) is 7. The maximum atomic E-state index is 14.7. The lowest BCUT2D eigenvalue weighted by atomic mass is 10.1. The molecule has 0 aliphatic rings. The predicted molar refractivity (Wildman–Crippen MR) is 94.7 cm³/mol. The Morgan fingerprint density at radius 3 is 2.82 bits per heavy atom. The van der Waals surface area contributed by atoms with Crippen molar-refractivity contribution in [1.82, 2.24) is 35.4 Å². The summed E-state index contributed by atoms with van der Waals surface area (Å²) in [6, 6.07) is 9.75. The molecule has 0 saturated carbocycles. The van der Waals surface area contributed by atoms with Crippen LogP contribution in [0.1, 0.15) is 28.3 Å². The van der Waals surface area contributed by atoms with Gasteiger partial charge in [0, 0.05) is 16.0 Å². The third kappa shape index (κ3) is 2.86. The second-order valence-electron chi connectivity index (χ2n) is 6.01. The van der Waals surface area contributed by atoms with Crippen molar-refractivity contribution in [2.45, 2.75) is 19.4 Å². The van der Waals surface area contributed by atoms with E-state index >= 15 is 0 Å². The number of fused-ring (bicyclic) bond motifs is 1. The van der Waals surface area contributed by atoms with E-state index in [1.165, 1.54) is 16.8 Å². The second-order valence-corrected chi connectivity index (χ2v) is 6.42. The van der Waals surface area contributed by atoms with Gasteiger partial charge in [0.25, 0.3) is 0 Å². The second kappa shape index (κ2) is 6.61. The summed E-state index contributed by atoms with van der Waals surface area (Å²) < 4.78 is 30.8. The Balaban J connectivity index is 1.84. The number of rotatable bonds is 4. The Morgan fingerprint density at radius 2 is 2.11 bits per heavy atom. The number of pyridine rings is 1. The van der Waals surface area contributed by atoms with E-state index < -0.39 is 17.4 Å². The third-order valence-corrected chi connectivity index (χ3v) is 4.65. The van der Waals surface area contributed by atoms with Crippen LogP contribution in [-0.4, -0.2) is 35.4 Å². The molecule has 28 heavy (non-hydrogen) atoms. The van der Waals surface area contributed by atoms with E-state index in [-0.39, 0.29) is 12.2 Å². The van der Waals surface area contributed by atoms with Crippen LogP contribution in [0.4, 0.5) is 8.78 Å². The van der Waals surface area contributed by atoms with Crippen molar-refractivity contribution in [3.63, 3.8) is 0 Å². The summed E-state index contributed by atoms with van der Waals surface area (Å²) in [5.74, 6) is -4.22. The van der Waals surface area contributed by atoms with Crippen molar-refractivity contribution < 1.29 is 8.78 Å². The first kappa shape index (κ1) is 17.9. The fourth-order valence-corrected chi connectivity index (χ4v) is 3.12. The zero-order valence-electron chi connectivity index (χ0n) is 14.4. The molecule has 0 bridgehead atoms. The number of tetrazole rings is 1. The summed E-state index contributed by atoms with van der Waals surface area (Å²) in [5, 5.41) is 26.4. The van der Waals surface area contributed by atoms with Gasteiger partial charge in [0.05, 0.1) is 23.9 Å². The summed E-state index contributed by atoms with van der Waals surface area (Å²) in [5.41, 5.74) is 1.24. The molecule has 140 valence electrons. The van der Waals surface area contributed by atoms with Crippen LogP contribution in [0.15, 0.2) is 30.3 Å². The largest absolute Gasteiger partial charge is 0.349 e. The third-order valence-electron chi connectivity index (χ3n) is 4.29. The van der Waals surface area contributed by atoms with Crippen LogP contribution in [0.5, 0.6) is 0 Å². The SMILES string of the molecule is Cc1nn(Cc2c(Cl)cccc2C#N)c2nc(C(F)(F)c3nnn[nH]3)ccc12. The van der Waals surface area contributed by atoms with Crippen molar-refractivity contribution in [1.29, 1.82) is 5.26 Å². The molecule has 0 saturated heterocycles. The van der Waals surface area contributed by atoms with Gasteiger partial charge in [-0.25, -0.2) is 14.8 Å². The van der Waals surface area contributed by atoms with Gasteiger partial charge in [0.1, 0.15) is 5.69 Å². The van der Waals surface area contributed by atoms with Crippen LogP contribution in [0, 0.1) is 18.3 Å². The summed E-state index contributed by atoms with van der Waals surface area (Å²) in [4.78, 5) is 4.11. The summed E-state index contributed by atoms with van der Waals surface area (Å²) in [7, 11) is 0. The van der Waals surface area contributed by atoms with Gasteiger partial charge in [-0.2, -0.15) is 19.1 Å². The average molecular weight is 401 g/mol. The molecule has 11 heteroatoms. The standard InChI is InChI=1S/C17H11ClF2N8/c1-9-11-5-6-14(17(19,20)16-23-26-27-24-16)22-15(11)28(25-9)8-12-10(7-21)3-2-4-13(12)18/h2-6H,8H2,1H3,(H,23,24,26,27). The fraction of sp³-hybridized carbons (Fsp3) is 0.176. The van der Waals surface area contributed by atoms with E-state index in [0.29, 0.717) is 27.2 Å². The number of benzene rings is 1. The fourth-order valence-electron chi connectivity index (χ4n) is 2.88. The lowest BCUT2D eigenvalue weighted by Crippen LogP contribution is -2.19. The Kier molecular flexibility index (Phi) is 4.24. The molecule has 1 N–H and O–H groups in total. The molecule has 0 aliphatic heterocycles. The number of aromatic amines is 1. The van der Waals surface area contributed by atoms with E-state index in [2.05, 4.69) is 36.8 Å². The first-order chi connectivity index (χ1) is 13.4. The number of halogens is 3. The molecule has 0 spiro atoms. The van der Waals surface area contributed by atoms with Crippen LogP contribution in [0.3, 0.4) is 0 Å². The summed E-state index contributed by atoms with van der Waals surface area (Å²) in [6.07, 6.45) is 0. The number of H-pyrrole nitrogens is 1. The highest BCUT2D eigenvalue weighted by atomic mass is 35.5.